The zero-order valence-electron chi connectivity index (χ0n) is 10.3. The average molecular weight is 315 g/mol. The number of nitrogens with zero attached hydrogens (tertiary/aromatic N) is 1. The van der Waals surface area contributed by atoms with Gasteiger partial charge in [0.2, 0.25) is 0 Å². The number of H-pyrrole nitrogens is 1. The van der Waals surface area contributed by atoms with Gasteiger partial charge in [-0.2, -0.15) is 4.98 Å². The third kappa shape index (κ3) is 7.31. The first-order valence-corrected chi connectivity index (χ1v) is 6.72. The summed E-state index contributed by atoms with van der Waals surface area (Å²) in [5.74, 6) is -0.0167. The first-order chi connectivity index (χ1) is 8.31. The van der Waals surface area contributed by atoms with Gasteiger partial charge in [0.15, 0.2) is 0 Å². The molecule has 1 aromatic heterocycles. The number of hydrogen-bond donors (Lipinski definition) is 5. The van der Waals surface area contributed by atoms with Crippen molar-refractivity contribution in [2.75, 3.05) is 18.7 Å². The number of rotatable bonds is 6. The summed E-state index contributed by atoms with van der Waals surface area (Å²) in [5, 5.41) is 9.02. The molecule has 0 radical (unpaired) electrons. The molecule has 0 spiro atoms. The van der Waals surface area contributed by atoms with Crippen LogP contribution >= 0.6 is 7.60 Å². The van der Waals surface area contributed by atoms with Gasteiger partial charge in [0, 0.05) is 18.2 Å². The van der Waals surface area contributed by atoms with Crippen molar-refractivity contribution in [1.29, 1.82) is 0 Å². The molecule has 10 N–H and O–H groups in total. The number of aliphatic hydroxyl groups is 1. The van der Waals surface area contributed by atoms with E-state index in [0.717, 1.165) is 0 Å². The minimum Gasteiger partial charge on any atom is -0.412 e. The van der Waals surface area contributed by atoms with Crippen LogP contribution in [0.25, 0.3) is 0 Å². The zero-order valence-corrected chi connectivity index (χ0v) is 11.2. The van der Waals surface area contributed by atoms with E-state index in [1.807, 2.05) is 0 Å². The van der Waals surface area contributed by atoms with Crippen LogP contribution in [0.15, 0.2) is 11.0 Å². The topological polar surface area (TPSA) is 222 Å². The highest BCUT2D eigenvalue weighted by Gasteiger charge is 2.18. The Kier molecular flexibility index (Phi) is 9.19. The van der Waals surface area contributed by atoms with Gasteiger partial charge in [-0.15, -0.1) is 0 Å². The first kappa shape index (κ1) is 21.0. The first-order valence-electron chi connectivity index (χ1n) is 4.93. The monoisotopic (exact) mass is 315 g/mol. The molecule has 0 aliphatic carbocycles. The molecule has 1 unspecified atom stereocenters. The summed E-state index contributed by atoms with van der Waals surface area (Å²) in [6.45, 7) is -0.446. The van der Waals surface area contributed by atoms with Crippen LogP contribution < -0.4 is 11.4 Å². The number of hydrogen-bond acceptors (Lipinski definition) is 6. The van der Waals surface area contributed by atoms with Crippen LogP contribution in [0, 0.1) is 0 Å². The molecular weight excluding hydrogens is 297 g/mol. The second-order valence-corrected chi connectivity index (χ2v) is 5.17. The van der Waals surface area contributed by atoms with Gasteiger partial charge in [0.25, 0.3) is 0 Å². The van der Waals surface area contributed by atoms with E-state index in [0.29, 0.717) is 5.56 Å². The molecule has 0 saturated carbocycles. The smallest absolute Gasteiger partial charge is 0.350 e. The maximum atomic E-state index is 10.8. The number of anilines is 1. The Morgan fingerprint density at radius 1 is 1.45 bits per heavy atom. The zero-order chi connectivity index (χ0) is 13.8. The highest BCUT2D eigenvalue weighted by molar-refractivity contribution is 7.51. The van der Waals surface area contributed by atoms with E-state index in [1.165, 1.54) is 6.20 Å². The predicted octanol–water partition coefficient (Wildman–Crippen LogP) is -3.24. The Balaban J connectivity index is 0. The van der Waals surface area contributed by atoms with Gasteiger partial charge in [-0.25, -0.2) is 4.79 Å². The van der Waals surface area contributed by atoms with Gasteiger partial charge in [0.1, 0.15) is 12.2 Å². The number of ether oxygens (including phenoxy) is 1. The van der Waals surface area contributed by atoms with E-state index < -0.39 is 32.3 Å². The predicted molar refractivity (Wildman–Crippen MR) is 69.1 cm³/mol. The molecule has 0 amide bonds. The molecular formula is C8H18N3O8P. The summed E-state index contributed by atoms with van der Waals surface area (Å²) in [6.07, 6.45) is -0.248. The summed E-state index contributed by atoms with van der Waals surface area (Å²) in [7, 11) is -4.30. The second kappa shape index (κ2) is 8.76. The number of nitrogen functional groups attached to an aromatic ring is 1. The molecule has 0 aromatic carbocycles. The summed E-state index contributed by atoms with van der Waals surface area (Å²) in [5.41, 5.74) is 5.30. The maximum absolute atomic E-state index is 10.8. The molecule has 11 nitrogen and oxygen atoms in total. The molecule has 0 aliphatic rings. The molecule has 0 fully saturated rings. The third-order valence-electron chi connectivity index (χ3n) is 2.05. The van der Waals surface area contributed by atoms with E-state index >= 15 is 0 Å². The average Bonchev–Trinajstić information content (AvgIpc) is 2.25. The molecule has 118 valence electrons. The Morgan fingerprint density at radius 2 is 2.05 bits per heavy atom. The second-order valence-electron chi connectivity index (χ2n) is 3.59. The van der Waals surface area contributed by atoms with Gasteiger partial charge in [-0.3, -0.25) is 4.57 Å². The molecule has 20 heavy (non-hydrogen) atoms. The maximum Gasteiger partial charge on any atom is 0.350 e. The minimum absolute atomic E-state index is 0. The Hall–Kier alpha value is -1.33. The number of nitrogens with two attached hydrogens (primary N) is 1. The van der Waals surface area contributed by atoms with E-state index in [-0.39, 0.29) is 23.2 Å². The van der Waals surface area contributed by atoms with Crippen LogP contribution in [0.3, 0.4) is 0 Å². The summed E-state index contributed by atoms with van der Waals surface area (Å²) in [4.78, 5) is 33.9. The third-order valence-corrected chi connectivity index (χ3v) is 2.54. The summed E-state index contributed by atoms with van der Waals surface area (Å²) < 4.78 is 15.5. The summed E-state index contributed by atoms with van der Waals surface area (Å²) in [6, 6.07) is 0. The number of aliphatic hydroxyl groups excluding tert-OH is 1. The Bertz CT molecular complexity index is 501. The number of aromatic amines is 1. The van der Waals surface area contributed by atoms with Crippen molar-refractivity contribution in [3.8, 4) is 0 Å². The molecule has 0 bridgehead atoms. The van der Waals surface area contributed by atoms with Crippen molar-refractivity contribution >= 4 is 13.4 Å². The fraction of sp³-hybridized carbons (Fsp3) is 0.500. The molecule has 1 aromatic rings. The van der Waals surface area contributed by atoms with Crippen LogP contribution in [-0.2, 0) is 15.7 Å². The molecule has 0 saturated heterocycles. The van der Waals surface area contributed by atoms with Crippen LogP contribution in [-0.4, -0.2) is 54.9 Å². The van der Waals surface area contributed by atoms with Crippen LogP contribution in [0.2, 0.25) is 0 Å². The fourth-order valence-electron chi connectivity index (χ4n) is 1.22. The van der Waals surface area contributed by atoms with E-state index in [9.17, 15) is 9.36 Å². The molecule has 12 heteroatoms. The van der Waals surface area contributed by atoms with Crippen LogP contribution in [0.4, 0.5) is 5.82 Å². The SMILES string of the molecule is Nc1nc(=O)[nH]cc1CC(CO)OCP(=O)(O)O.O.O. The van der Waals surface area contributed by atoms with Gasteiger partial charge < -0.3 is 41.3 Å². The normalized spacial score (nSPS) is 12.2. The minimum atomic E-state index is -4.30. The van der Waals surface area contributed by atoms with Crippen molar-refractivity contribution in [3.63, 3.8) is 0 Å². The largest absolute Gasteiger partial charge is 0.412 e. The lowest BCUT2D eigenvalue weighted by atomic mass is 10.1. The highest BCUT2D eigenvalue weighted by Crippen LogP contribution is 2.34. The molecule has 1 atom stereocenters. The quantitative estimate of drug-likeness (QED) is 0.334. The van der Waals surface area contributed by atoms with Crippen molar-refractivity contribution in [2.24, 2.45) is 0 Å². The Morgan fingerprint density at radius 3 is 2.50 bits per heavy atom. The van der Waals surface area contributed by atoms with Gasteiger partial charge in [0.05, 0.1) is 12.7 Å². The molecule has 1 rings (SSSR count). The lowest BCUT2D eigenvalue weighted by Gasteiger charge is -2.16. The van der Waals surface area contributed by atoms with Crippen molar-refractivity contribution in [3.05, 3.63) is 22.2 Å². The van der Waals surface area contributed by atoms with E-state index in [4.69, 9.17) is 25.4 Å². The lowest BCUT2D eigenvalue weighted by Crippen LogP contribution is -2.23. The molecule has 0 aliphatic heterocycles. The van der Waals surface area contributed by atoms with Crippen molar-refractivity contribution in [2.45, 2.75) is 12.5 Å². The van der Waals surface area contributed by atoms with E-state index in [1.54, 1.807) is 0 Å². The van der Waals surface area contributed by atoms with Gasteiger partial charge in [-0.05, 0) is 0 Å². The molecule has 1 heterocycles. The summed E-state index contributed by atoms with van der Waals surface area (Å²) >= 11 is 0. The Labute approximate surface area is 113 Å². The number of aromatic nitrogens is 2. The van der Waals surface area contributed by atoms with Crippen molar-refractivity contribution < 1.29 is 35.1 Å². The van der Waals surface area contributed by atoms with Crippen molar-refractivity contribution in [1.82, 2.24) is 9.97 Å². The lowest BCUT2D eigenvalue weighted by molar-refractivity contribution is 0.0308. The van der Waals surface area contributed by atoms with Crippen LogP contribution in [0.5, 0.6) is 0 Å². The van der Waals surface area contributed by atoms with Gasteiger partial charge >= 0.3 is 13.3 Å². The van der Waals surface area contributed by atoms with Gasteiger partial charge in [-0.1, -0.05) is 0 Å². The highest BCUT2D eigenvalue weighted by atomic mass is 31.2. The standard InChI is InChI=1S/C8H14N3O6P.2H2O/c9-7-5(2-10-8(13)11-7)1-6(3-12)17-4-18(14,15)16;;/h2,6,12H,1,3-4H2,(H2,14,15,16)(H3,9,10,11,13);2*1H2. The van der Waals surface area contributed by atoms with E-state index in [2.05, 4.69) is 9.97 Å². The fourth-order valence-corrected chi connectivity index (χ4v) is 1.63. The van der Waals surface area contributed by atoms with Crippen LogP contribution in [0.1, 0.15) is 5.56 Å². The number of nitrogens with one attached hydrogen (secondary N) is 1.